The van der Waals surface area contributed by atoms with Gasteiger partial charge >= 0.3 is 0 Å². The summed E-state index contributed by atoms with van der Waals surface area (Å²) in [7, 11) is -3.29. The van der Waals surface area contributed by atoms with Gasteiger partial charge in [0.2, 0.25) is 10.0 Å². The fourth-order valence-corrected chi connectivity index (χ4v) is 4.14. The minimum Gasteiger partial charge on any atom is -0.377 e. The second-order valence-corrected chi connectivity index (χ2v) is 7.49. The summed E-state index contributed by atoms with van der Waals surface area (Å²) in [5, 5.41) is 8.66. The first-order chi connectivity index (χ1) is 9.12. The summed E-state index contributed by atoms with van der Waals surface area (Å²) in [4.78, 5) is 0. The molecule has 2 fully saturated rings. The quantitative estimate of drug-likeness (QED) is 0.711. The van der Waals surface area contributed by atoms with Crippen LogP contribution in [0.3, 0.4) is 0 Å². The molecule has 6 heteroatoms. The van der Waals surface area contributed by atoms with Gasteiger partial charge < -0.3 is 4.74 Å². The third kappa shape index (κ3) is 4.75. The fraction of sp³-hybridized carbons (Fsp3) is 0.923. The van der Waals surface area contributed by atoms with Crippen molar-refractivity contribution in [3.05, 3.63) is 0 Å². The molecule has 1 atom stereocenters. The van der Waals surface area contributed by atoms with Crippen molar-refractivity contribution in [3.8, 4) is 6.07 Å². The number of hydrogen-bond donors (Lipinski definition) is 0. The van der Waals surface area contributed by atoms with Gasteiger partial charge in [0.25, 0.3) is 0 Å². The van der Waals surface area contributed by atoms with Gasteiger partial charge in [-0.2, -0.15) is 5.26 Å². The SMILES string of the molecule is N#CCCN(CC1CC1)S(=O)(=O)C[C@@H]1CCCCO1. The Morgan fingerprint density at radius 3 is 2.63 bits per heavy atom. The van der Waals surface area contributed by atoms with E-state index >= 15 is 0 Å². The van der Waals surface area contributed by atoms with Crippen molar-refractivity contribution in [2.45, 2.75) is 44.6 Å². The Kier molecular flexibility index (Phi) is 5.20. The van der Waals surface area contributed by atoms with E-state index in [0.717, 1.165) is 32.1 Å². The summed E-state index contributed by atoms with van der Waals surface area (Å²) < 4.78 is 31.8. The van der Waals surface area contributed by atoms with Crippen molar-refractivity contribution in [3.63, 3.8) is 0 Å². The van der Waals surface area contributed by atoms with Crippen LogP contribution in [0, 0.1) is 17.2 Å². The van der Waals surface area contributed by atoms with Gasteiger partial charge in [-0.05, 0) is 38.0 Å². The van der Waals surface area contributed by atoms with Crippen LogP contribution in [-0.2, 0) is 14.8 Å². The standard InChI is InChI=1S/C13H22N2O3S/c14-7-3-8-15(10-12-5-6-12)19(16,17)11-13-4-1-2-9-18-13/h12-13H,1-6,8-11H2/t13-/m0/s1. The average Bonchev–Trinajstić information content (AvgIpc) is 3.19. The molecule has 19 heavy (non-hydrogen) atoms. The molecule has 0 amide bonds. The lowest BCUT2D eigenvalue weighted by Crippen LogP contribution is -2.40. The average molecular weight is 286 g/mol. The Hall–Kier alpha value is -0.640. The van der Waals surface area contributed by atoms with E-state index in [0.29, 0.717) is 25.6 Å². The minimum atomic E-state index is -3.29. The molecule has 1 aliphatic heterocycles. The van der Waals surface area contributed by atoms with Crippen LogP contribution in [0.15, 0.2) is 0 Å². The zero-order chi connectivity index (χ0) is 13.7. The molecule has 0 N–H and O–H groups in total. The van der Waals surface area contributed by atoms with E-state index in [4.69, 9.17) is 10.00 Å². The maximum atomic E-state index is 12.4. The largest absolute Gasteiger partial charge is 0.377 e. The Morgan fingerprint density at radius 2 is 2.05 bits per heavy atom. The van der Waals surface area contributed by atoms with Crippen LogP contribution in [0.4, 0.5) is 0 Å². The van der Waals surface area contributed by atoms with Crippen molar-refractivity contribution < 1.29 is 13.2 Å². The number of nitrogens with zero attached hydrogens (tertiary/aromatic N) is 2. The molecular weight excluding hydrogens is 264 g/mol. The summed E-state index contributed by atoms with van der Waals surface area (Å²) in [5.41, 5.74) is 0. The Bertz CT molecular complexity index is 420. The van der Waals surface area contributed by atoms with Crippen molar-refractivity contribution in [2.24, 2.45) is 5.92 Å². The maximum absolute atomic E-state index is 12.4. The zero-order valence-electron chi connectivity index (χ0n) is 11.3. The Labute approximate surface area is 115 Å². The van der Waals surface area contributed by atoms with Gasteiger partial charge in [0.1, 0.15) is 0 Å². The summed E-state index contributed by atoms with van der Waals surface area (Å²) in [6.07, 6.45) is 5.21. The number of hydrogen-bond acceptors (Lipinski definition) is 4. The predicted octanol–water partition coefficient (Wildman–Crippen LogP) is 1.51. The highest BCUT2D eigenvalue weighted by Crippen LogP contribution is 2.31. The first kappa shape index (κ1) is 14.8. The van der Waals surface area contributed by atoms with E-state index in [-0.39, 0.29) is 18.3 Å². The molecule has 0 aromatic rings. The second kappa shape index (κ2) is 6.69. The van der Waals surface area contributed by atoms with Crippen molar-refractivity contribution in [2.75, 3.05) is 25.4 Å². The Balaban J connectivity index is 1.93. The molecule has 1 aliphatic carbocycles. The molecule has 108 valence electrons. The lowest BCUT2D eigenvalue weighted by molar-refractivity contribution is 0.0298. The summed E-state index contributed by atoms with van der Waals surface area (Å²) in [6, 6.07) is 2.03. The Morgan fingerprint density at radius 1 is 1.26 bits per heavy atom. The molecule has 1 heterocycles. The summed E-state index contributed by atoms with van der Waals surface area (Å²) in [5.74, 6) is 0.575. The molecule has 1 saturated heterocycles. The van der Waals surface area contributed by atoms with Crippen LogP contribution in [-0.4, -0.2) is 44.3 Å². The second-order valence-electron chi connectivity index (χ2n) is 5.48. The smallest absolute Gasteiger partial charge is 0.216 e. The highest BCUT2D eigenvalue weighted by molar-refractivity contribution is 7.89. The van der Waals surface area contributed by atoms with E-state index in [2.05, 4.69) is 0 Å². The van der Waals surface area contributed by atoms with Crippen molar-refractivity contribution >= 4 is 10.0 Å². The summed E-state index contributed by atoms with van der Waals surface area (Å²) in [6.45, 7) is 1.57. The van der Waals surface area contributed by atoms with Gasteiger partial charge in [0.15, 0.2) is 0 Å². The third-order valence-electron chi connectivity index (χ3n) is 3.70. The zero-order valence-corrected chi connectivity index (χ0v) is 12.1. The van der Waals surface area contributed by atoms with Gasteiger partial charge in [-0.25, -0.2) is 12.7 Å². The normalized spacial score (nSPS) is 24.3. The third-order valence-corrected chi connectivity index (χ3v) is 5.61. The van der Waals surface area contributed by atoms with E-state index in [1.54, 1.807) is 0 Å². The van der Waals surface area contributed by atoms with Gasteiger partial charge in [-0.15, -0.1) is 0 Å². The van der Waals surface area contributed by atoms with Gasteiger partial charge in [0.05, 0.1) is 17.9 Å². The number of nitriles is 1. The number of ether oxygens (including phenoxy) is 1. The maximum Gasteiger partial charge on any atom is 0.216 e. The number of sulfonamides is 1. The molecule has 5 nitrogen and oxygen atoms in total. The summed E-state index contributed by atoms with van der Waals surface area (Å²) >= 11 is 0. The highest BCUT2D eigenvalue weighted by Gasteiger charge is 2.32. The molecule has 1 saturated carbocycles. The van der Waals surface area contributed by atoms with Gasteiger partial charge in [-0.3, -0.25) is 0 Å². The monoisotopic (exact) mass is 286 g/mol. The molecule has 2 rings (SSSR count). The van der Waals surface area contributed by atoms with Crippen molar-refractivity contribution in [1.29, 1.82) is 5.26 Å². The molecule has 0 unspecified atom stereocenters. The molecule has 0 aromatic heterocycles. The molecule has 0 radical (unpaired) electrons. The first-order valence-electron chi connectivity index (χ1n) is 7.08. The van der Waals surface area contributed by atoms with Crippen LogP contribution < -0.4 is 0 Å². The van der Waals surface area contributed by atoms with E-state index in [1.807, 2.05) is 6.07 Å². The highest BCUT2D eigenvalue weighted by atomic mass is 32.2. The van der Waals surface area contributed by atoms with Crippen LogP contribution in [0.25, 0.3) is 0 Å². The van der Waals surface area contributed by atoms with E-state index in [1.165, 1.54) is 4.31 Å². The van der Waals surface area contributed by atoms with Crippen LogP contribution >= 0.6 is 0 Å². The van der Waals surface area contributed by atoms with Crippen molar-refractivity contribution in [1.82, 2.24) is 4.31 Å². The van der Waals surface area contributed by atoms with E-state index in [9.17, 15) is 8.42 Å². The number of rotatable bonds is 7. The molecule has 0 bridgehead atoms. The lowest BCUT2D eigenvalue weighted by Gasteiger charge is -2.26. The molecule has 0 aromatic carbocycles. The first-order valence-corrected chi connectivity index (χ1v) is 8.69. The van der Waals surface area contributed by atoms with Gasteiger partial charge in [0, 0.05) is 26.1 Å². The topological polar surface area (TPSA) is 70.4 Å². The van der Waals surface area contributed by atoms with Crippen LogP contribution in [0.5, 0.6) is 0 Å². The molecule has 0 spiro atoms. The predicted molar refractivity (Wildman–Crippen MR) is 71.9 cm³/mol. The van der Waals surface area contributed by atoms with Gasteiger partial charge in [-0.1, -0.05) is 0 Å². The lowest BCUT2D eigenvalue weighted by atomic mass is 10.1. The minimum absolute atomic E-state index is 0.0746. The molecule has 2 aliphatic rings. The van der Waals surface area contributed by atoms with Crippen LogP contribution in [0.2, 0.25) is 0 Å². The van der Waals surface area contributed by atoms with E-state index < -0.39 is 10.0 Å². The fourth-order valence-electron chi connectivity index (χ4n) is 2.39. The van der Waals surface area contributed by atoms with Crippen LogP contribution in [0.1, 0.15) is 38.5 Å². The molecular formula is C13H22N2O3S.